The van der Waals surface area contributed by atoms with Gasteiger partial charge < -0.3 is 19.9 Å². The Morgan fingerprint density at radius 2 is 2.04 bits per heavy atom. The molecule has 0 atom stereocenters. The zero-order chi connectivity index (χ0) is 17.7. The average Bonchev–Trinajstić information content (AvgIpc) is 2.55. The van der Waals surface area contributed by atoms with Crippen molar-refractivity contribution in [3.8, 4) is 0 Å². The summed E-state index contributed by atoms with van der Waals surface area (Å²) in [6.07, 6.45) is 5.08. The van der Waals surface area contributed by atoms with E-state index in [0.29, 0.717) is 41.3 Å². The molecule has 1 aliphatic heterocycles. The minimum atomic E-state index is -1.10. The third kappa shape index (κ3) is 4.08. The molecule has 0 spiro atoms. The predicted octanol–water partition coefficient (Wildman–Crippen LogP) is 2.97. The van der Waals surface area contributed by atoms with Gasteiger partial charge in [0.1, 0.15) is 30.4 Å². The molecular weight excluding hydrogens is 330 g/mol. The van der Waals surface area contributed by atoms with E-state index < -0.39 is 5.97 Å². The molecule has 2 rings (SSSR count). The minimum absolute atomic E-state index is 0.0204. The molecule has 0 aromatic carbocycles. The van der Waals surface area contributed by atoms with Crippen LogP contribution >= 0.6 is 11.8 Å². The van der Waals surface area contributed by atoms with Gasteiger partial charge in [0.15, 0.2) is 10.9 Å². The predicted molar refractivity (Wildman–Crippen MR) is 92.0 cm³/mol. The quantitative estimate of drug-likeness (QED) is 0.460. The highest BCUT2D eigenvalue weighted by Gasteiger charge is 2.19. The normalized spacial score (nSPS) is 14.7. The van der Waals surface area contributed by atoms with Crippen molar-refractivity contribution in [3.63, 3.8) is 0 Å². The molecule has 24 heavy (non-hydrogen) atoms. The fraction of sp³-hybridized carbons (Fsp3) is 0.312. The van der Waals surface area contributed by atoms with Crippen molar-refractivity contribution in [2.45, 2.75) is 19.0 Å². The van der Waals surface area contributed by atoms with E-state index in [4.69, 9.17) is 9.47 Å². The van der Waals surface area contributed by atoms with Crippen LogP contribution in [0.1, 0.15) is 23.0 Å². The zero-order valence-electron chi connectivity index (χ0n) is 13.8. The zero-order valence-corrected chi connectivity index (χ0v) is 14.6. The van der Waals surface area contributed by atoms with Gasteiger partial charge in [-0.1, -0.05) is 18.3 Å². The summed E-state index contributed by atoms with van der Waals surface area (Å²) in [7, 11) is 0. The number of nitrogens with one attached hydrogen (secondary N) is 1. The van der Waals surface area contributed by atoms with Crippen molar-refractivity contribution in [2.75, 3.05) is 24.8 Å². The van der Waals surface area contributed by atoms with Crippen molar-refractivity contribution in [1.29, 1.82) is 0 Å². The molecular formula is C16H19N3O4S. The number of carboxylic acid groups (broad SMARTS) is 1. The summed E-state index contributed by atoms with van der Waals surface area (Å²) < 4.78 is 11.0. The fourth-order valence-electron chi connectivity index (χ4n) is 2.07. The van der Waals surface area contributed by atoms with Crippen molar-refractivity contribution < 1.29 is 19.4 Å². The van der Waals surface area contributed by atoms with Crippen LogP contribution in [-0.4, -0.2) is 40.5 Å². The van der Waals surface area contributed by atoms with Crippen LogP contribution in [0.5, 0.6) is 0 Å². The Morgan fingerprint density at radius 3 is 2.62 bits per heavy atom. The van der Waals surface area contributed by atoms with Gasteiger partial charge in [0, 0.05) is 11.8 Å². The van der Waals surface area contributed by atoms with E-state index in [1.54, 1.807) is 26.0 Å². The van der Waals surface area contributed by atoms with E-state index in [1.807, 2.05) is 6.26 Å². The average molecular weight is 349 g/mol. The number of thioether (sulfide) groups is 1. The van der Waals surface area contributed by atoms with Gasteiger partial charge in [0.05, 0.1) is 5.69 Å². The maximum Gasteiger partial charge on any atom is 0.341 e. The van der Waals surface area contributed by atoms with Crippen LogP contribution in [-0.2, 0) is 9.47 Å². The molecule has 2 heterocycles. The highest BCUT2D eigenvalue weighted by atomic mass is 32.2. The number of aromatic carboxylic acids is 1. The second-order valence-corrected chi connectivity index (χ2v) is 5.64. The Balaban J connectivity index is 2.42. The molecule has 0 unspecified atom stereocenters. The SMILES string of the molecule is C=C/C(=C\C1=C(C)OCCO1)Nc1nc(SC)nc(C)c1C(=O)O. The van der Waals surface area contributed by atoms with E-state index in [0.717, 1.165) is 0 Å². The summed E-state index contributed by atoms with van der Waals surface area (Å²) >= 11 is 1.33. The Kier molecular flexibility index (Phi) is 5.86. The van der Waals surface area contributed by atoms with Gasteiger partial charge in [0.25, 0.3) is 0 Å². The topological polar surface area (TPSA) is 93.6 Å². The Labute approximate surface area is 144 Å². The highest BCUT2D eigenvalue weighted by molar-refractivity contribution is 7.98. The lowest BCUT2D eigenvalue weighted by atomic mass is 10.2. The number of hydrogen-bond acceptors (Lipinski definition) is 7. The maximum atomic E-state index is 11.5. The van der Waals surface area contributed by atoms with E-state index in [-0.39, 0.29) is 11.4 Å². The Hall–Kier alpha value is -2.48. The molecule has 0 aliphatic carbocycles. The van der Waals surface area contributed by atoms with Crippen LogP contribution in [0.15, 0.2) is 41.1 Å². The summed E-state index contributed by atoms with van der Waals surface area (Å²) in [5.41, 5.74) is 0.954. The summed E-state index contributed by atoms with van der Waals surface area (Å²) in [6, 6.07) is 0. The van der Waals surface area contributed by atoms with Crippen molar-refractivity contribution >= 4 is 23.5 Å². The number of ether oxygens (including phenoxy) is 2. The monoisotopic (exact) mass is 349 g/mol. The minimum Gasteiger partial charge on any atom is -0.491 e. The summed E-state index contributed by atoms with van der Waals surface area (Å²) in [4.78, 5) is 20.0. The van der Waals surface area contributed by atoms with E-state index >= 15 is 0 Å². The molecule has 1 aromatic rings. The van der Waals surface area contributed by atoms with Gasteiger partial charge in [0.2, 0.25) is 0 Å². The van der Waals surface area contributed by atoms with Crippen LogP contribution < -0.4 is 5.32 Å². The van der Waals surface area contributed by atoms with Gasteiger partial charge in [-0.25, -0.2) is 14.8 Å². The Bertz CT molecular complexity index is 728. The van der Waals surface area contributed by atoms with Crippen LogP contribution in [0.25, 0.3) is 0 Å². The molecule has 2 N–H and O–H groups in total. The van der Waals surface area contributed by atoms with Crippen LogP contribution in [0.4, 0.5) is 5.82 Å². The second kappa shape index (κ2) is 7.87. The molecule has 128 valence electrons. The van der Waals surface area contributed by atoms with Gasteiger partial charge in [-0.15, -0.1) is 0 Å². The van der Waals surface area contributed by atoms with Gasteiger partial charge in [-0.05, 0) is 26.2 Å². The van der Waals surface area contributed by atoms with Crippen molar-refractivity contribution in [1.82, 2.24) is 9.97 Å². The third-order valence-corrected chi connectivity index (χ3v) is 3.79. The summed E-state index contributed by atoms with van der Waals surface area (Å²) in [6.45, 7) is 8.14. The number of nitrogens with zero attached hydrogens (tertiary/aromatic N) is 2. The van der Waals surface area contributed by atoms with E-state index in [1.165, 1.54) is 11.8 Å². The van der Waals surface area contributed by atoms with Crippen LogP contribution in [0.3, 0.4) is 0 Å². The largest absolute Gasteiger partial charge is 0.491 e. The smallest absolute Gasteiger partial charge is 0.341 e. The molecule has 0 saturated carbocycles. The first-order valence-electron chi connectivity index (χ1n) is 7.19. The number of anilines is 1. The van der Waals surface area contributed by atoms with Gasteiger partial charge in [-0.2, -0.15) is 0 Å². The number of aromatic nitrogens is 2. The van der Waals surface area contributed by atoms with E-state index in [2.05, 4.69) is 21.9 Å². The Morgan fingerprint density at radius 1 is 1.33 bits per heavy atom. The van der Waals surface area contributed by atoms with Gasteiger partial charge >= 0.3 is 5.97 Å². The molecule has 0 fully saturated rings. The second-order valence-electron chi connectivity index (χ2n) is 4.87. The number of rotatable bonds is 6. The summed E-state index contributed by atoms with van der Waals surface area (Å²) in [5, 5.41) is 12.9. The van der Waals surface area contributed by atoms with E-state index in [9.17, 15) is 9.90 Å². The van der Waals surface area contributed by atoms with Crippen LogP contribution in [0.2, 0.25) is 0 Å². The molecule has 8 heteroatoms. The molecule has 1 aromatic heterocycles. The first-order valence-corrected chi connectivity index (χ1v) is 8.42. The standard InChI is InChI=1S/C16H19N3O4S/c1-5-11(8-12-10(3)22-6-7-23-12)18-14-13(15(20)21)9(2)17-16(19-14)24-4/h5,8H,1,6-7H2,2-4H3,(H,20,21)(H,17,18,19)/b11-8+. The fourth-order valence-corrected chi connectivity index (χ4v) is 2.48. The molecule has 0 amide bonds. The van der Waals surface area contributed by atoms with Crippen molar-refractivity contribution in [2.24, 2.45) is 0 Å². The number of carbonyl (C=O) groups is 1. The molecule has 0 saturated heterocycles. The summed E-state index contributed by atoms with van der Waals surface area (Å²) in [5.74, 6) is 0.333. The number of carboxylic acids is 1. The molecule has 0 radical (unpaired) electrons. The maximum absolute atomic E-state index is 11.5. The number of hydrogen-bond donors (Lipinski definition) is 2. The number of aryl methyl sites for hydroxylation is 1. The molecule has 1 aliphatic rings. The van der Waals surface area contributed by atoms with Gasteiger partial charge in [-0.3, -0.25) is 0 Å². The third-order valence-electron chi connectivity index (χ3n) is 3.24. The lowest BCUT2D eigenvalue weighted by Gasteiger charge is -2.19. The number of allylic oxidation sites excluding steroid dienone is 3. The highest BCUT2D eigenvalue weighted by Crippen LogP contribution is 2.23. The van der Waals surface area contributed by atoms with Crippen molar-refractivity contribution in [3.05, 3.63) is 47.2 Å². The first-order chi connectivity index (χ1) is 11.5. The lowest BCUT2D eigenvalue weighted by Crippen LogP contribution is -2.14. The first kappa shape index (κ1) is 17.9. The molecule has 7 nitrogen and oxygen atoms in total. The lowest BCUT2D eigenvalue weighted by molar-refractivity contribution is 0.0696. The van der Waals surface area contributed by atoms with Crippen LogP contribution in [0, 0.1) is 6.92 Å². The molecule has 0 bridgehead atoms.